The molecule has 0 spiro atoms. The van der Waals surface area contributed by atoms with Crippen LogP contribution in [0.5, 0.6) is 5.75 Å². The molecule has 6 heteroatoms. The summed E-state index contributed by atoms with van der Waals surface area (Å²) >= 11 is 6.00. The number of nitrogens with one attached hydrogen (secondary N) is 1. The minimum atomic E-state index is -0.262. The molecule has 1 aromatic heterocycles. The van der Waals surface area contributed by atoms with Crippen LogP contribution in [0.3, 0.4) is 0 Å². The maximum Gasteiger partial charge on any atom is 0.259 e. The molecule has 4 rings (SSSR count). The van der Waals surface area contributed by atoms with Crippen molar-refractivity contribution in [3.05, 3.63) is 65.1 Å². The van der Waals surface area contributed by atoms with Crippen LogP contribution in [0.1, 0.15) is 22.6 Å². The molecule has 26 heavy (non-hydrogen) atoms. The van der Waals surface area contributed by atoms with Gasteiger partial charge >= 0.3 is 0 Å². The summed E-state index contributed by atoms with van der Waals surface area (Å²) in [5.41, 5.74) is 3.32. The van der Waals surface area contributed by atoms with Gasteiger partial charge in [-0.1, -0.05) is 23.7 Å². The zero-order valence-electron chi connectivity index (χ0n) is 14.3. The number of fused-ring (bicyclic) bond motifs is 1. The van der Waals surface area contributed by atoms with Crippen molar-refractivity contribution in [2.45, 2.75) is 19.4 Å². The van der Waals surface area contributed by atoms with E-state index in [4.69, 9.17) is 16.3 Å². The Morgan fingerprint density at radius 2 is 2.04 bits per heavy atom. The fraction of sp³-hybridized carbons (Fsp3) is 0.200. The summed E-state index contributed by atoms with van der Waals surface area (Å²) in [6, 6.07) is 12.7. The third-order valence-corrected chi connectivity index (χ3v) is 4.80. The highest BCUT2D eigenvalue weighted by Gasteiger charge is 2.17. The van der Waals surface area contributed by atoms with E-state index in [1.165, 1.54) is 7.11 Å². The second-order valence-corrected chi connectivity index (χ2v) is 6.63. The third-order valence-electron chi connectivity index (χ3n) is 4.57. The Hall–Kier alpha value is -2.79. The number of hydrogen-bond acceptors (Lipinski definition) is 3. The second kappa shape index (κ2) is 6.84. The van der Waals surface area contributed by atoms with E-state index in [0.29, 0.717) is 22.0 Å². The van der Waals surface area contributed by atoms with Crippen LogP contribution >= 0.6 is 11.6 Å². The molecule has 0 aliphatic carbocycles. The highest BCUT2D eigenvalue weighted by Crippen LogP contribution is 2.27. The maximum absolute atomic E-state index is 12.5. The molecule has 3 aromatic rings. The number of methoxy groups -OCH3 is 1. The monoisotopic (exact) mass is 367 g/mol. The number of anilines is 1. The Labute approximate surface area is 156 Å². The summed E-state index contributed by atoms with van der Waals surface area (Å²) in [5, 5.41) is 3.37. The number of carbonyl (C=O) groups is 1. The van der Waals surface area contributed by atoms with E-state index in [1.54, 1.807) is 18.2 Å². The Bertz CT molecular complexity index is 964. The van der Waals surface area contributed by atoms with E-state index in [9.17, 15) is 4.79 Å². The number of imidazole rings is 1. The van der Waals surface area contributed by atoms with Gasteiger partial charge in [0, 0.05) is 23.7 Å². The number of aromatic nitrogens is 2. The second-order valence-electron chi connectivity index (χ2n) is 6.19. The van der Waals surface area contributed by atoms with Gasteiger partial charge in [-0.25, -0.2) is 4.98 Å². The molecule has 2 heterocycles. The molecule has 0 saturated carbocycles. The van der Waals surface area contributed by atoms with Crippen LogP contribution in [0.2, 0.25) is 5.02 Å². The van der Waals surface area contributed by atoms with E-state index >= 15 is 0 Å². The fourth-order valence-corrected chi connectivity index (χ4v) is 3.44. The number of ether oxygens (including phenoxy) is 1. The zero-order valence-corrected chi connectivity index (χ0v) is 15.1. The van der Waals surface area contributed by atoms with Gasteiger partial charge < -0.3 is 14.6 Å². The van der Waals surface area contributed by atoms with Gasteiger partial charge in [-0.3, -0.25) is 4.79 Å². The van der Waals surface area contributed by atoms with Gasteiger partial charge in [0.15, 0.2) is 0 Å². The van der Waals surface area contributed by atoms with E-state index in [2.05, 4.69) is 14.9 Å². The Morgan fingerprint density at radius 1 is 1.23 bits per heavy atom. The van der Waals surface area contributed by atoms with Gasteiger partial charge in [0.25, 0.3) is 5.91 Å². The first-order chi connectivity index (χ1) is 12.7. The molecular formula is C20H18ClN3O2. The van der Waals surface area contributed by atoms with Crippen molar-refractivity contribution < 1.29 is 9.53 Å². The average molecular weight is 368 g/mol. The molecule has 1 amide bonds. The Kier molecular flexibility index (Phi) is 4.39. The molecule has 1 N–H and O–H groups in total. The molecule has 0 saturated heterocycles. The fourth-order valence-electron chi connectivity index (χ4n) is 3.27. The van der Waals surface area contributed by atoms with Gasteiger partial charge in [0.1, 0.15) is 11.6 Å². The topological polar surface area (TPSA) is 56.1 Å². The van der Waals surface area contributed by atoms with Crippen LogP contribution in [0.25, 0.3) is 11.3 Å². The lowest BCUT2D eigenvalue weighted by atomic mass is 10.1. The summed E-state index contributed by atoms with van der Waals surface area (Å²) < 4.78 is 7.50. The Morgan fingerprint density at radius 3 is 2.81 bits per heavy atom. The summed E-state index contributed by atoms with van der Waals surface area (Å²) in [6.45, 7) is 1.01. The van der Waals surface area contributed by atoms with Gasteiger partial charge in [0.2, 0.25) is 0 Å². The normalized spacial score (nSPS) is 12.7. The molecule has 2 aromatic carbocycles. The maximum atomic E-state index is 12.5. The zero-order chi connectivity index (χ0) is 18.1. The van der Waals surface area contributed by atoms with Crippen molar-refractivity contribution in [3.63, 3.8) is 0 Å². The van der Waals surface area contributed by atoms with E-state index in [0.717, 1.165) is 36.5 Å². The van der Waals surface area contributed by atoms with Crippen LogP contribution in [-0.2, 0) is 13.0 Å². The van der Waals surface area contributed by atoms with Crippen LogP contribution < -0.4 is 10.1 Å². The van der Waals surface area contributed by atoms with E-state index in [1.807, 2.05) is 30.5 Å². The van der Waals surface area contributed by atoms with Gasteiger partial charge in [-0.05, 0) is 42.3 Å². The Balaban J connectivity index is 1.54. The quantitative estimate of drug-likeness (QED) is 0.743. The molecule has 132 valence electrons. The lowest BCUT2D eigenvalue weighted by molar-refractivity contribution is 0.102. The summed E-state index contributed by atoms with van der Waals surface area (Å²) in [7, 11) is 1.53. The van der Waals surface area contributed by atoms with Crippen molar-refractivity contribution in [2.75, 3.05) is 12.4 Å². The molecular weight excluding hydrogens is 350 g/mol. The predicted molar refractivity (Wildman–Crippen MR) is 102 cm³/mol. The van der Waals surface area contributed by atoms with Crippen molar-refractivity contribution >= 4 is 23.2 Å². The number of benzene rings is 2. The van der Waals surface area contributed by atoms with Gasteiger partial charge in [-0.2, -0.15) is 0 Å². The van der Waals surface area contributed by atoms with Crippen molar-refractivity contribution in [1.82, 2.24) is 9.55 Å². The summed E-state index contributed by atoms with van der Waals surface area (Å²) in [4.78, 5) is 17.0. The summed E-state index contributed by atoms with van der Waals surface area (Å²) in [5.74, 6) is 1.37. The van der Waals surface area contributed by atoms with Crippen molar-refractivity contribution in [2.24, 2.45) is 0 Å². The van der Waals surface area contributed by atoms with Gasteiger partial charge in [0.05, 0.1) is 24.6 Å². The number of rotatable bonds is 4. The molecule has 1 aliphatic heterocycles. The minimum Gasteiger partial charge on any atom is -0.496 e. The van der Waals surface area contributed by atoms with Crippen LogP contribution in [0.4, 0.5) is 5.69 Å². The van der Waals surface area contributed by atoms with E-state index in [-0.39, 0.29) is 5.91 Å². The first-order valence-electron chi connectivity index (χ1n) is 8.45. The van der Waals surface area contributed by atoms with Crippen molar-refractivity contribution in [1.29, 1.82) is 0 Å². The van der Waals surface area contributed by atoms with Crippen LogP contribution in [0.15, 0.2) is 48.7 Å². The average Bonchev–Trinajstić information content (AvgIpc) is 3.26. The number of nitrogens with zero attached hydrogens (tertiary/aromatic N) is 2. The molecule has 0 unspecified atom stereocenters. The highest BCUT2D eigenvalue weighted by molar-refractivity contribution is 6.31. The first-order valence-corrected chi connectivity index (χ1v) is 8.83. The highest BCUT2D eigenvalue weighted by atomic mass is 35.5. The standard InChI is InChI=1S/C20H18ClN3O2/c1-26-18-9-6-14(21)11-16(18)20(25)23-15-7-4-13(5-8-15)17-12-22-19-3-2-10-24(17)19/h4-9,11-12H,2-3,10H2,1H3,(H,23,25). The SMILES string of the molecule is COc1ccc(Cl)cc1C(=O)Nc1ccc(-c2cnc3n2CCC3)cc1. The lowest BCUT2D eigenvalue weighted by Gasteiger charge is -2.11. The lowest BCUT2D eigenvalue weighted by Crippen LogP contribution is -2.13. The molecule has 0 fully saturated rings. The molecule has 1 aliphatic rings. The predicted octanol–water partition coefficient (Wildman–Crippen LogP) is 4.41. The van der Waals surface area contributed by atoms with Gasteiger partial charge in [-0.15, -0.1) is 0 Å². The molecule has 5 nitrogen and oxygen atoms in total. The largest absolute Gasteiger partial charge is 0.496 e. The summed E-state index contributed by atoms with van der Waals surface area (Å²) in [6.07, 6.45) is 4.10. The van der Waals surface area contributed by atoms with E-state index < -0.39 is 0 Å². The number of aryl methyl sites for hydroxylation is 1. The first kappa shape index (κ1) is 16.7. The number of carbonyl (C=O) groups excluding carboxylic acids is 1. The number of halogens is 1. The third kappa shape index (κ3) is 3.06. The van der Waals surface area contributed by atoms with Crippen molar-refractivity contribution in [3.8, 4) is 17.0 Å². The minimum absolute atomic E-state index is 0.262. The molecule has 0 radical (unpaired) electrons. The molecule has 0 bridgehead atoms. The van der Waals surface area contributed by atoms with Crippen LogP contribution in [-0.4, -0.2) is 22.6 Å². The smallest absolute Gasteiger partial charge is 0.259 e. The number of hydrogen-bond donors (Lipinski definition) is 1. The number of amides is 1. The van der Waals surface area contributed by atoms with Crippen LogP contribution in [0, 0.1) is 0 Å². The molecule has 0 atom stereocenters.